The molecule has 0 amide bonds. The number of unbranched alkanes of at least 4 members (excludes halogenated alkanes) is 2. The van der Waals surface area contributed by atoms with Crippen LogP contribution in [-0.4, -0.2) is 0 Å². The van der Waals surface area contributed by atoms with Gasteiger partial charge in [0.15, 0.2) is 0 Å². The summed E-state index contributed by atoms with van der Waals surface area (Å²) in [7, 11) is 0. The predicted molar refractivity (Wildman–Crippen MR) is 40.5 cm³/mol. The zero-order valence-corrected chi connectivity index (χ0v) is 10.5. The largest absolute Gasteiger partial charge is 1.00 e. The monoisotopic (exact) mass is 200 g/mol. The van der Waals surface area contributed by atoms with Crippen molar-refractivity contribution < 1.29 is 46.6 Å². The third kappa shape index (κ3) is 55.8. The van der Waals surface area contributed by atoms with E-state index >= 15 is 0 Å². The number of hydrogen-bond donors (Lipinski definition) is 0. The Morgan fingerprint density at radius 1 is 0.900 bits per heavy atom. The fourth-order valence-corrected chi connectivity index (χ4v) is 0. The third-order valence-corrected chi connectivity index (χ3v) is 0.707. The number of hydrogen-bond acceptors (Lipinski definition) is 0. The van der Waals surface area contributed by atoms with Gasteiger partial charge in [-0.2, -0.15) is 12.8 Å². The van der Waals surface area contributed by atoms with E-state index < -0.39 is 0 Å². The minimum absolute atomic E-state index is 0. The second-order valence-corrected chi connectivity index (χ2v) is 1.71. The van der Waals surface area contributed by atoms with E-state index in [0.29, 0.717) is 0 Å². The summed E-state index contributed by atoms with van der Waals surface area (Å²) in [6.07, 6.45) is 4.56. The standard InChI is InChI=1S/2C4H9.Cu.Na/c2*1-3-4-2;;/h2*1,3-4H2,2H3;;/q2*-1;2*+1. The molecule has 0 aromatic carbocycles. The van der Waals surface area contributed by atoms with Gasteiger partial charge in [0.25, 0.3) is 0 Å². The SMILES string of the molecule is [CH2-]CCC.[CH2-]CCC.[Cu+].[Na+]. The van der Waals surface area contributed by atoms with Gasteiger partial charge in [-0.3, -0.25) is 0 Å². The van der Waals surface area contributed by atoms with Gasteiger partial charge in [-0.15, -0.1) is 0 Å². The average molecular weight is 201 g/mol. The Morgan fingerprint density at radius 3 is 1.00 bits per heavy atom. The first-order valence-electron chi connectivity index (χ1n) is 3.41. The van der Waals surface area contributed by atoms with Crippen molar-refractivity contribution in [3.05, 3.63) is 13.8 Å². The van der Waals surface area contributed by atoms with Gasteiger partial charge in [0.05, 0.1) is 0 Å². The van der Waals surface area contributed by atoms with Crippen molar-refractivity contribution in [2.75, 3.05) is 0 Å². The Balaban J connectivity index is -0.0000000300. The predicted octanol–water partition coefficient (Wildman–Crippen LogP) is 0.243. The molecule has 0 unspecified atom stereocenters. The van der Waals surface area contributed by atoms with E-state index in [9.17, 15) is 0 Å². The average Bonchev–Trinajstić information content (AvgIpc) is 1.88. The quantitative estimate of drug-likeness (QED) is 0.443. The van der Waals surface area contributed by atoms with Crippen molar-refractivity contribution >= 4 is 0 Å². The van der Waals surface area contributed by atoms with E-state index in [1.807, 2.05) is 0 Å². The molecule has 0 heterocycles. The zero-order chi connectivity index (χ0) is 6.83. The second kappa shape index (κ2) is 31.3. The Labute approximate surface area is 99.3 Å². The molecule has 2 heteroatoms. The Kier molecular flexibility index (Phi) is 70.5. The summed E-state index contributed by atoms with van der Waals surface area (Å²) in [5, 5.41) is 0. The molecule has 0 aliphatic rings. The van der Waals surface area contributed by atoms with E-state index in [1.165, 1.54) is 12.8 Å². The van der Waals surface area contributed by atoms with Crippen LogP contribution in [-0.2, 0) is 17.1 Å². The summed E-state index contributed by atoms with van der Waals surface area (Å²) in [6, 6.07) is 0. The molecule has 0 aromatic rings. The minimum Gasteiger partial charge on any atom is -0.343 e. The Bertz CT molecular complexity index is 17.2. The van der Waals surface area contributed by atoms with Crippen molar-refractivity contribution in [3.63, 3.8) is 0 Å². The van der Waals surface area contributed by atoms with E-state index in [0.717, 1.165) is 12.8 Å². The zero-order valence-electron chi connectivity index (χ0n) is 7.54. The molecule has 0 rings (SSSR count). The minimum atomic E-state index is 0. The van der Waals surface area contributed by atoms with Crippen molar-refractivity contribution in [1.82, 2.24) is 0 Å². The van der Waals surface area contributed by atoms with Crippen molar-refractivity contribution in [3.8, 4) is 0 Å². The summed E-state index contributed by atoms with van der Waals surface area (Å²) >= 11 is 0. The summed E-state index contributed by atoms with van der Waals surface area (Å²) in [6.45, 7) is 11.4. The molecule has 0 N–H and O–H groups in total. The van der Waals surface area contributed by atoms with Gasteiger partial charge in [0, 0.05) is 0 Å². The molecule has 0 aliphatic carbocycles. The number of rotatable bonds is 2. The first kappa shape index (κ1) is 22.5. The fraction of sp³-hybridized carbons (Fsp3) is 0.750. The van der Waals surface area contributed by atoms with Gasteiger partial charge < -0.3 is 13.8 Å². The maximum absolute atomic E-state index is 3.60. The van der Waals surface area contributed by atoms with E-state index in [-0.39, 0.29) is 46.6 Å². The van der Waals surface area contributed by atoms with Crippen LogP contribution in [0.1, 0.15) is 39.5 Å². The van der Waals surface area contributed by atoms with Crippen LogP contribution in [0.3, 0.4) is 0 Å². The van der Waals surface area contributed by atoms with E-state index in [2.05, 4.69) is 27.7 Å². The van der Waals surface area contributed by atoms with Gasteiger partial charge in [0.1, 0.15) is 0 Å². The van der Waals surface area contributed by atoms with Crippen LogP contribution < -0.4 is 29.6 Å². The molecule has 0 nitrogen and oxygen atoms in total. The Hall–Kier alpha value is 1.52. The first-order chi connectivity index (χ1) is 3.83. The van der Waals surface area contributed by atoms with Gasteiger partial charge in [-0.25, -0.2) is 0 Å². The van der Waals surface area contributed by atoms with Crippen LogP contribution in [0.15, 0.2) is 0 Å². The molecular formula is C8H18CuNa. The van der Waals surface area contributed by atoms with Crippen LogP contribution in [0.2, 0.25) is 0 Å². The molecule has 0 saturated heterocycles. The van der Waals surface area contributed by atoms with Gasteiger partial charge >= 0.3 is 46.6 Å². The first-order valence-corrected chi connectivity index (χ1v) is 3.41. The molecule has 0 saturated carbocycles. The van der Waals surface area contributed by atoms with Crippen molar-refractivity contribution in [1.29, 1.82) is 0 Å². The van der Waals surface area contributed by atoms with Crippen LogP contribution >= 0.6 is 0 Å². The molecule has 0 spiro atoms. The van der Waals surface area contributed by atoms with E-state index in [1.54, 1.807) is 0 Å². The molecule has 0 atom stereocenters. The Morgan fingerprint density at radius 2 is 1.00 bits per heavy atom. The van der Waals surface area contributed by atoms with Gasteiger partial charge in [-0.05, 0) is 0 Å². The summed E-state index contributed by atoms with van der Waals surface area (Å²) < 4.78 is 0. The van der Waals surface area contributed by atoms with Gasteiger partial charge in [0.2, 0.25) is 0 Å². The molecule has 62 valence electrons. The van der Waals surface area contributed by atoms with E-state index in [4.69, 9.17) is 0 Å². The molecule has 0 radical (unpaired) electrons. The van der Waals surface area contributed by atoms with Crippen molar-refractivity contribution in [2.45, 2.75) is 39.5 Å². The van der Waals surface area contributed by atoms with Crippen LogP contribution in [0.4, 0.5) is 0 Å². The molecule has 0 bridgehead atoms. The third-order valence-electron chi connectivity index (χ3n) is 0.707. The molecule has 0 aromatic heterocycles. The fourth-order valence-electron chi connectivity index (χ4n) is 0. The van der Waals surface area contributed by atoms with Crippen LogP contribution in [0, 0.1) is 13.8 Å². The molecular weight excluding hydrogens is 183 g/mol. The molecule has 0 aliphatic heterocycles. The van der Waals surface area contributed by atoms with Crippen molar-refractivity contribution in [2.24, 2.45) is 0 Å². The smallest absolute Gasteiger partial charge is 0.343 e. The molecule has 10 heavy (non-hydrogen) atoms. The maximum Gasteiger partial charge on any atom is 1.00 e. The van der Waals surface area contributed by atoms with Crippen LogP contribution in [0.5, 0.6) is 0 Å². The maximum atomic E-state index is 3.60. The topological polar surface area (TPSA) is 0 Å². The summed E-state index contributed by atoms with van der Waals surface area (Å²) in [5.74, 6) is 0. The molecule has 0 fully saturated rings. The van der Waals surface area contributed by atoms with Crippen LogP contribution in [0.25, 0.3) is 0 Å². The second-order valence-electron chi connectivity index (χ2n) is 1.71. The normalized spacial score (nSPS) is 6.00. The summed E-state index contributed by atoms with van der Waals surface area (Å²) in [5.41, 5.74) is 0. The van der Waals surface area contributed by atoms with Gasteiger partial charge in [-0.1, -0.05) is 26.7 Å². The summed E-state index contributed by atoms with van der Waals surface area (Å²) in [4.78, 5) is 0.